The van der Waals surface area contributed by atoms with Crippen molar-refractivity contribution in [3.63, 3.8) is 0 Å². The van der Waals surface area contributed by atoms with E-state index < -0.39 is 10.2 Å². The van der Waals surface area contributed by atoms with Gasteiger partial charge in [-0.05, 0) is 19.8 Å². The van der Waals surface area contributed by atoms with Crippen molar-refractivity contribution in [1.29, 1.82) is 0 Å². The maximum absolute atomic E-state index is 12.2. The zero-order valence-electron chi connectivity index (χ0n) is 11.2. The van der Waals surface area contributed by atoms with Gasteiger partial charge in [0.15, 0.2) is 0 Å². The Balaban J connectivity index is 2.17. The van der Waals surface area contributed by atoms with Gasteiger partial charge in [-0.3, -0.25) is 0 Å². The van der Waals surface area contributed by atoms with Gasteiger partial charge in [0, 0.05) is 33.9 Å². The third-order valence-electron chi connectivity index (χ3n) is 3.61. The van der Waals surface area contributed by atoms with E-state index in [0.29, 0.717) is 26.2 Å². The standard InChI is InChI=1S/C11H22N2O4S/c1-4-16-10-5-7-13(18(14,15)12(2)3)9-6-8-17-11(9)10/h9-11H,4-8H2,1-3H3/t9-,10-,11-/m1/s1. The Kier molecular flexibility index (Phi) is 4.28. The summed E-state index contributed by atoms with van der Waals surface area (Å²) < 4.78 is 38.7. The van der Waals surface area contributed by atoms with Gasteiger partial charge in [-0.2, -0.15) is 17.0 Å². The van der Waals surface area contributed by atoms with Crippen LogP contribution in [0, 0.1) is 0 Å². The van der Waals surface area contributed by atoms with Crippen molar-refractivity contribution < 1.29 is 17.9 Å². The predicted molar refractivity (Wildman–Crippen MR) is 67.5 cm³/mol. The molecule has 0 amide bonds. The average molecular weight is 278 g/mol. The molecule has 6 nitrogen and oxygen atoms in total. The average Bonchev–Trinajstić information content (AvgIpc) is 2.78. The minimum atomic E-state index is -3.36. The Hall–Kier alpha value is -0.210. The Morgan fingerprint density at radius 1 is 1.39 bits per heavy atom. The van der Waals surface area contributed by atoms with Gasteiger partial charge in [0.25, 0.3) is 10.2 Å². The highest BCUT2D eigenvalue weighted by atomic mass is 32.2. The SMILES string of the molecule is CCO[C@@H]1CCN(S(=O)(=O)N(C)C)[C@@H]2CCO[C@H]21. The third-order valence-corrected chi connectivity index (χ3v) is 5.58. The predicted octanol–water partition coefficient (Wildman–Crippen LogP) is 0.0611. The minimum Gasteiger partial charge on any atom is -0.376 e. The molecule has 2 rings (SSSR count). The van der Waals surface area contributed by atoms with Gasteiger partial charge in [-0.1, -0.05) is 0 Å². The number of ether oxygens (including phenoxy) is 2. The topological polar surface area (TPSA) is 59.1 Å². The summed E-state index contributed by atoms with van der Waals surface area (Å²) in [6.45, 7) is 3.71. The van der Waals surface area contributed by atoms with E-state index in [2.05, 4.69) is 0 Å². The van der Waals surface area contributed by atoms with Gasteiger partial charge in [0.05, 0.1) is 12.1 Å². The van der Waals surface area contributed by atoms with E-state index >= 15 is 0 Å². The molecule has 2 saturated heterocycles. The molecule has 0 aromatic heterocycles. The first-order valence-electron chi connectivity index (χ1n) is 6.41. The Morgan fingerprint density at radius 2 is 2.11 bits per heavy atom. The summed E-state index contributed by atoms with van der Waals surface area (Å²) in [4.78, 5) is 0. The second kappa shape index (κ2) is 5.42. The summed E-state index contributed by atoms with van der Waals surface area (Å²) in [5.41, 5.74) is 0. The van der Waals surface area contributed by atoms with Crippen molar-refractivity contribution in [3.05, 3.63) is 0 Å². The second-order valence-electron chi connectivity index (χ2n) is 4.87. The van der Waals surface area contributed by atoms with E-state index in [-0.39, 0.29) is 18.2 Å². The fourth-order valence-corrected chi connectivity index (χ4v) is 4.06. The van der Waals surface area contributed by atoms with Crippen LogP contribution in [0.3, 0.4) is 0 Å². The van der Waals surface area contributed by atoms with Gasteiger partial charge in [0.2, 0.25) is 0 Å². The molecular formula is C11H22N2O4S. The summed E-state index contributed by atoms with van der Waals surface area (Å²) in [5.74, 6) is 0. The van der Waals surface area contributed by atoms with Crippen LogP contribution >= 0.6 is 0 Å². The first kappa shape index (κ1) is 14.2. The largest absolute Gasteiger partial charge is 0.376 e. The quantitative estimate of drug-likeness (QED) is 0.730. The van der Waals surface area contributed by atoms with Crippen LogP contribution < -0.4 is 0 Å². The van der Waals surface area contributed by atoms with Crippen LogP contribution in [-0.2, 0) is 19.7 Å². The van der Waals surface area contributed by atoms with Crippen molar-refractivity contribution >= 4 is 10.2 Å². The lowest BCUT2D eigenvalue weighted by atomic mass is 9.98. The third kappa shape index (κ3) is 2.42. The summed E-state index contributed by atoms with van der Waals surface area (Å²) in [5, 5.41) is 0. The van der Waals surface area contributed by atoms with E-state index in [9.17, 15) is 8.42 Å². The molecule has 106 valence electrons. The van der Waals surface area contributed by atoms with Gasteiger partial charge >= 0.3 is 0 Å². The number of rotatable bonds is 4. The molecule has 0 aromatic carbocycles. The first-order valence-corrected chi connectivity index (χ1v) is 7.80. The Bertz CT molecular complexity index is 385. The highest BCUT2D eigenvalue weighted by Gasteiger charge is 2.47. The first-order chi connectivity index (χ1) is 8.48. The van der Waals surface area contributed by atoms with Crippen molar-refractivity contribution in [2.75, 3.05) is 33.9 Å². The number of hydrogen-bond acceptors (Lipinski definition) is 4. The van der Waals surface area contributed by atoms with Crippen LogP contribution in [-0.4, -0.2) is 69.1 Å². The van der Waals surface area contributed by atoms with E-state index in [1.54, 1.807) is 18.4 Å². The fourth-order valence-electron chi connectivity index (χ4n) is 2.74. The molecular weight excluding hydrogens is 256 g/mol. The highest BCUT2D eigenvalue weighted by Crippen LogP contribution is 2.32. The van der Waals surface area contributed by atoms with E-state index in [0.717, 1.165) is 6.42 Å². The second-order valence-corrected chi connectivity index (χ2v) is 6.97. The molecule has 2 fully saturated rings. The van der Waals surface area contributed by atoms with Crippen LogP contribution in [0.15, 0.2) is 0 Å². The number of nitrogens with zero attached hydrogens (tertiary/aromatic N) is 2. The maximum atomic E-state index is 12.2. The number of hydrogen-bond donors (Lipinski definition) is 0. The molecule has 0 spiro atoms. The van der Waals surface area contributed by atoms with E-state index in [4.69, 9.17) is 9.47 Å². The zero-order valence-corrected chi connectivity index (χ0v) is 12.0. The molecule has 7 heteroatoms. The molecule has 2 aliphatic rings. The molecule has 0 aliphatic carbocycles. The molecule has 18 heavy (non-hydrogen) atoms. The highest BCUT2D eigenvalue weighted by molar-refractivity contribution is 7.86. The van der Waals surface area contributed by atoms with Crippen LogP contribution in [0.5, 0.6) is 0 Å². The molecule has 2 heterocycles. The van der Waals surface area contributed by atoms with Gasteiger partial charge in [0.1, 0.15) is 6.10 Å². The van der Waals surface area contributed by atoms with Crippen LogP contribution in [0.2, 0.25) is 0 Å². The van der Waals surface area contributed by atoms with Crippen molar-refractivity contribution in [1.82, 2.24) is 8.61 Å². The monoisotopic (exact) mass is 278 g/mol. The van der Waals surface area contributed by atoms with Crippen LogP contribution in [0.4, 0.5) is 0 Å². The molecule has 0 N–H and O–H groups in total. The van der Waals surface area contributed by atoms with Crippen molar-refractivity contribution in [3.8, 4) is 0 Å². The zero-order chi connectivity index (χ0) is 13.3. The summed E-state index contributed by atoms with van der Waals surface area (Å²) in [7, 11) is -0.233. The van der Waals surface area contributed by atoms with Crippen LogP contribution in [0.1, 0.15) is 19.8 Å². The molecule has 0 saturated carbocycles. The molecule has 0 aromatic rings. The van der Waals surface area contributed by atoms with E-state index in [1.807, 2.05) is 6.92 Å². The molecule has 3 atom stereocenters. The van der Waals surface area contributed by atoms with Crippen molar-refractivity contribution in [2.45, 2.75) is 38.0 Å². The lowest BCUT2D eigenvalue weighted by Gasteiger charge is -2.40. The molecule has 2 aliphatic heterocycles. The Morgan fingerprint density at radius 3 is 2.72 bits per heavy atom. The number of fused-ring (bicyclic) bond motifs is 1. The summed E-state index contributed by atoms with van der Waals surface area (Å²) in [6.07, 6.45) is 1.35. The lowest BCUT2D eigenvalue weighted by molar-refractivity contribution is -0.0815. The van der Waals surface area contributed by atoms with Gasteiger partial charge in [-0.15, -0.1) is 0 Å². The maximum Gasteiger partial charge on any atom is 0.281 e. The smallest absolute Gasteiger partial charge is 0.281 e. The lowest BCUT2D eigenvalue weighted by Crippen LogP contribution is -2.57. The number of piperidine rings is 1. The summed E-state index contributed by atoms with van der Waals surface area (Å²) in [6, 6.07) is -0.0808. The normalized spacial score (nSPS) is 33.9. The van der Waals surface area contributed by atoms with Crippen LogP contribution in [0.25, 0.3) is 0 Å². The van der Waals surface area contributed by atoms with Gasteiger partial charge < -0.3 is 9.47 Å². The Labute approximate surface area is 109 Å². The molecule has 0 unspecified atom stereocenters. The summed E-state index contributed by atoms with van der Waals surface area (Å²) >= 11 is 0. The minimum absolute atomic E-state index is 0.0242. The van der Waals surface area contributed by atoms with Gasteiger partial charge in [-0.25, -0.2) is 0 Å². The van der Waals surface area contributed by atoms with E-state index in [1.165, 1.54) is 4.31 Å². The molecule has 0 bridgehead atoms. The van der Waals surface area contributed by atoms with Crippen molar-refractivity contribution in [2.24, 2.45) is 0 Å². The molecule has 0 radical (unpaired) electrons. The fraction of sp³-hybridized carbons (Fsp3) is 1.00.